The molecule has 1 saturated carbocycles. The van der Waals surface area contributed by atoms with Crippen molar-refractivity contribution in [3.05, 3.63) is 0 Å². The highest BCUT2D eigenvalue weighted by Gasteiger charge is 2.35. The smallest absolute Gasteiger partial charge is 0.222 e. The molecule has 1 heterocycles. The zero-order valence-electron chi connectivity index (χ0n) is 11.3. The van der Waals surface area contributed by atoms with Crippen LogP contribution < -0.4 is 5.32 Å². The van der Waals surface area contributed by atoms with Crippen molar-refractivity contribution in [2.75, 3.05) is 20.2 Å². The number of nitrogens with zero attached hydrogens (tertiary/aromatic N) is 1. The first-order valence-electron chi connectivity index (χ1n) is 6.90. The number of carbonyl (C=O) groups excluding carboxylic acids is 2. The van der Waals surface area contributed by atoms with Gasteiger partial charge in [-0.2, -0.15) is 0 Å². The minimum atomic E-state index is -0.637. The van der Waals surface area contributed by atoms with Crippen LogP contribution in [-0.4, -0.2) is 60.3 Å². The predicted octanol–water partition coefficient (Wildman–Crippen LogP) is -0.347. The second-order valence-corrected chi connectivity index (χ2v) is 5.25. The monoisotopic (exact) mass is 270 g/mol. The van der Waals surface area contributed by atoms with E-state index >= 15 is 0 Å². The van der Waals surface area contributed by atoms with Gasteiger partial charge in [0.15, 0.2) is 0 Å². The molecule has 2 N–H and O–H groups in total. The van der Waals surface area contributed by atoms with Crippen LogP contribution in [0.3, 0.4) is 0 Å². The standard InChI is InChI=1S/C13H22N2O4/c1-19-10-5-4-9(13(10)18)14-11(16)6-8-15-7-2-3-12(15)17/h9-10,13,18H,2-8H2,1H3,(H,14,16)/t9-,10-,13-/m1/s1. The van der Waals surface area contributed by atoms with Gasteiger partial charge in [-0.25, -0.2) is 0 Å². The summed E-state index contributed by atoms with van der Waals surface area (Å²) in [5.41, 5.74) is 0. The first-order valence-corrected chi connectivity index (χ1v) is 6.90. The molecule has 0 aromatic rings. The van der Waals surface area contributed by atoms with Gasteiger partial charge in [-0.05, 0) is 19.3 Å². The Morgan fingerprint density at radius 1 is 1.53 bits per heavy atom. The van der Waals surface area contributed by atoms with Gasteiger partial charge in [0.25, 0.3) is 0 Å². The fourth-order valence-electron chi connectivity index (χ4n) is 2.82. The van der Waals surface area contributed by atoms with Crippen molar-refractivity contribution in [3.63, 3.8) is 0 Å². The molecule has 0 aromatic heterocycles. The zero-order valence-corrected chi connectivity index (χ0v) is 11.3. The number of methoxy groups -OCH3 is 1. The van der Waals surface area contributed by atoms with Gasteiger partial charge in [0, 0.05) is 33.0 Å². The molecule has 0 spiro atoms. The predicted molar refractivity (Wildman–Crippen MR) is 68.4 cm³/mol. The maximum absolute atomic E-state index is 11.8. The van der Waals surface area contributed by atoms with Crippen molar-refractivity contribution < 1.29 is 19.4 Å². The number of hydrogen-bond donors (Lipinski definition) is 2. The van der Waals surface area contributed by atoms with E-state index in [9.17, 15) is 14.7 Å². The van der Waals surface area contributed by atoms with Gasteiger partial charge in [0.1, 0.15) is 6.10 Å². The molecule has 2 fully saturated rings. The molecule has 0 bridgehead atoms. The van der Waals surface area contributed by atoms with Gasteiger partial charge in [-0.15, -0.1) is 0 Å². The summed E-state index contributed by atoms with van der Waals surface area (Å²) in [6.45, 7) is 1.23. The Kier molecular flexibility index (Phi) is 4.76. The van der Waals surface area contributed by atoms with Crippen molar-refractivity contribution in [2.45, 2.75) is 50.4 Å². The van der Waals surface area contributed by atoms with Crippen LogP contribution in [-0.2, 0) is 14.3 Å². The quantitative estimate of drug-likeness (QED) is 0.716. The Bertz CT molecular complexity index is 348. The highest BCUT2D eigenvalue weighted by molar-refractivity contribution is 5.80. The van der Waals surface area contributed by atoms with Gasteiger partial charge >= 0.3 is 0 Å². The third-order valence-electron chi connectivity index (χ3n) is 3.98. The maximum Gasteiger partial charge on any atom is 0.222 e. The zero-order chi connectivity index (χ0) is 13.8. The van der Waals surface area contributed by atoms with Crippen LogP contribution in [0.15, 0.2) is 0 Å². The van der Waals surface area contributed by atoms with Gasteiger partial charge in [0.05, 0.1) is 12.1 Å². The molecule has 1 aliphatic carbocycles. The van der Waals surface area contributed by atoms with E-state index < -0.39 is 6.10 Å². The van der Waals surface area contributed by atoms with Crippen molar-refractivity contribution >= 4 is 11.8 Å². The van der Waals surface area contributed by atoms with E-state index in [1.807, 2.05) is 0 Å². The largest absolute Gasteiger partial charge is 0.388 e. The van der Waals surface area contributed by atoms with Gasteiger partial charge in [-0.1, -0.05) is 0 Å². The Balaban J connectivity index is 1.71. The van der Waals surface area contributed by atoms with E-state index in [0.29, 0.717) is 19.4 Å². The summed E-state index contributed by atoms with van der Waals surface area (Å²) in [5.74, 6) is 0.0219. The number of carbonyl (C=O) groups is 2. The van der Waals surface area contributed by atoms with E-state index in [4.69, 9.17) is 4.74 Å². The Hall–Kier alpha value is -1.14. The number of hydrogen-bond acceptors (Lipinski definition) is 4. The Morgan fingerprint density at radius 3 is 2.89 bits per heavy atom. The summed E-state index contributed by atoms with van der Waals surface area (Å²) >= 11 is 0. The van der Waals surface area contributed by atoms with Crippen molar-refractivity contribution in [3.8, 4) is 0 Å². The summed E-state index contributed by atoms with van der Waals surface area (Å²) < 4.78 is 5.14. The minimum absolute atomic E-state index is 0.111. The lowest BCUT2D eigenvalue weighted by Gasteiger charge is -2.20. The number of nitrogens with one attached hydrogen (secondary N) is 1. The molecule has 3 atom stereocenters. The van der Waals surface area contributed by atoms with Crippen LogP contribution in [0.1, 0.15) is 32.1 Å². The first-order chi connectivity index (χ1) is 9.11. The minimum Gasteiger partial charge on any atom is -0.388 e. The molecule has 0 unspecified atom stereocenters. The lowest BCUT2D eigenvalue weighted by atomic mass is 10.2. The van der Waals surface area contributed by atoms with Crippen molar-refractivity contribution in [2.24, 2.45) is 0 Å². The van der Waals surface area contributed by atoms with Crippen LogP contribution in [0.25, 0.3) is 0 Å². The van der Waals surface area contributed by atoms with Crippen LogP contribution in [0, 0.1) is 0 Å². The Labute approximate surface area is 113 Å². The molecule has 19 heavy (non-hydrogen) atoms. The first kappa shape index (κ1) is 14.3. The van der Waals surface area contributed by atoms with Gasteiger partial charge in [-0.3, -0.25) is 9.59 Å². The topological polar surface area (TPSA) is 78.9 Å². The summed E-state index contributed by atoms with van der Waals surface area (Å²) in [7, 11) is 1.57. The van der Waals surface area contributed by atoms with Crippen molar-refractivity contribution in [1.29, 1.82) is 0 Å². The van der Waals surface area contributed by atoms with Crippen molar-refractivity contribution in [1.82, 2.24) is 10.2 Å². The molecule has 1 aliphatic heterocycles. The average Bonchev–Trinajstić information content (AvgIpc) is 2.95. The molecule has 1 saturated heterocycles. The third-order valence-corrected chi connectivity index (χ3v) is 3.98. The number of amides is 2. The Morgan fingerprint density at radius 2 is 2.32 bits per heavy atom. The summed E-state index contributed by atoms with van der Waals surface area (Å²) in [6.07, 6.45) is 2.44. The summed E-state index contributed by atoms with van der Waals surface area (Å²) in [4.78, 5) is 24.9. The van der Waals surface area contributed by atoms with E-state index in [1.165, 1.54) is 0 Å². The molecular formula is C13H22N2O4. The van der Waals surface area contributed by atoms with E-state index in [0.717, 1.165) is 25.8 Å². The molecule has 108 valence electrons. The fraction of sp³-hybridized carbons (Fsp3) is 0.846. The highest BCUT2D eigenvalue weighted by Crippen LogP contribution is 2.22. The maximum atomic E-state index is 11.8. The van der Waals surface area contributed by atoms with E-state index in [2.05, 4.69) is 5.32 Å². The molecule has 2 rings (SSSR count). The molecule has 0 aromatic carbocycles. The fourth-order valence-corrected chi connectivity index (χ4v) is 2.82. The lowest BCUT2D eigenvalue weighted by Crippen LogP contribution is -2.44. The number of rotatable bonds is 5. The number of ether oxygens (including phenoxy) is 1. The molecular weight excluding hydrogens is 248 g/mol. The second kappa shape index (κ2) is 6.34. The van der Waals surface area contributed by atoms with Gasteiger partial charge in [0.2, 0.25) is 11.8 Å². The summed E-state index contributed by atoms with van der Waals surface area (Å²) in [5, 5.41) is 12.7. The van der Waals surface area contributed by atoms with Crippen LogP contribution in [0.5, 0.6) is 0 Å². The number of aliphatic hydroxyl groups excluding tert-OH is 1. The molecule has 6 nitrogen and oxygen atoms in total. The SMILES string of the molecule is CO[C@@H]1CC[C@@H](NC(=O)CCN2CCCC2=O)[C@H]1O. The lowest BCUT2D eigenvalue weighted by molar-refractivity contribution is -0.128. The van der Waals surface area contributed by atoms with E-state index in [1.54, 1.807) is 12.0 Å². The number of likely N-dealkylation sites (tertiary alicyclic amines) is 1. The second-order valence-electron chi connectivity index (χ2n) is 5.25. The van der Waals surface area contributed by atoms with Crippen LogP contribution in [0.4, 0.5) is 0 Å². The number of aliphatic hydroxyl groups is 1. The molecule has 6 heteroatoms. The summed E-state index contributed by atoms with van der Waals surface area (Å²) in [6, 6.07) is -0.230. The normalized spacial score (nSPS) is 30.9. The van der Waals surface area contributed by atoms with Crippen LogP contribution in [0.2, 0.25) is 0 Å². The average molecular weight is 270 g/mol. The third kappa shape index (κ3) is 3.45. The molecule has 2 aliphatic rings. The highest BCUT2D eigenvalue weighted by atomic mass is 16.5. The van der Waals surface area contributed by atoms with E-state index in [-0.39, 0.29) is 24.0 Å². The molecule has 0 radical (unpaired) electrons. The molecule has 2 amide bonds. The van der Waals surface area contributed by atoms with Gasteiger partial charge < -0.3 is 20.1 Å². The van der Waals surface area contributed by atoms with Crippen LogP contribution >= 0.6 is 0 Å².